The normalized spacial score (nSPS) is 13.2. The van der Waals surface area contributed by atoms with E-state index in [9.17, 15) is 4.79 Å². The molecule has 1 heterocycles. The molecular weight excluding hydrogens is 346 g/mol. The number of anilines is 1. The fraction of sp³-hybridized carbons (Fsp3) is 0.583. The maximum atomic E-state index is 13.0. The summed E-state index contributed by atoms with van der Waals surface area (Å²) in [5.41, 5.74) is 4.44. The smallest absolute Gasteiger partial charge is 0.279 e. The molecule has 0 unspecified atom stereocenters. The van der Waals surface area contributed by atoms with Crippen molar-refractivity contribution in [1.29, 1.82) is 0 Å². The number of aryl methyl sites for hydroxylation is 1. The molecule has 0 bridgehead atoms. The molecule has 28 heavy (non-hydrogen) atoms. The number of pyridine rings is 1. The van der Waals surface area contributed by atoms with Crippen LogP contribution in [0.2, 0.25) is 0 Å². The van der Waals surface area contributed by atoms with Crippen LogP contribution in [0.3, 0.4) is 0 Å². The summed E-state index contributed by atoms with van der Waals surface area (Å²) in [6.45, 7) is 7.23. The Morgan fingerprint density at radius 1 is 1.04 bits per heavy atom. The van der Waals surface area contributed by atoms with Crippen molar-refractivity contribution in [3.8, 4) is 0 Å². The fourth-order valence-corrected chi connectivity index (χ4v) is 4.32. The highest BCUT2D eigenvalue weighted by Crippen LogP contribution is 2.33. The second-order valence-electron chi connectivity index (χ2n) is 8.17. The summed E-state index contributed by atoms with van der Waals surface area (Å²) in [4.78, 5) is 19.2. The Labute approximate surface area is 169 Å². The van der Waals surface area contributed by atoms with Gasteiger partial charge in [0.15, 0.2) is 6.54 Å². The molecule has 0 atom stereocenters. The van der Waals surface area contributed by atoms with Gasteiger partial charge in [0.25, 0.3) is 5.91 Å². The topological polar surface area (TPSA) is 46.4 Å². The summed E-state index contributed by atoms with van der Waals surface area (Å²) >= 11 is 0. The molecule has 1 aliphatic rings. The maximum Gasteiger partial charge on any atom is 0.279 e. The summed E-state index contributed by atoms with van der Waals surface area (Å²) < 4.78 is 0. The van der Waals surface area contributed by atoms with Crippen LogP contribution in [0.1, 0.15) is 70.1 Å². The van der Waals surface area contributed by atoms with Gasteiger partial charge < -0.3 is 10.2 Å². The molecular formula is C24H36N3O+. The Morgan fingerprint density at radius 3 is 2.46 bits per heavy atom. The fourth-order valence-electron chi connectivity index (χ4n) is 4.32. The van der Waals surface area contributed by atoms with Crippen LogP contribution in [0, 0.1) is 0 Å². The van der Waals surface area contributed by atoms with Gasteiger partial charge in [-0.25, -0.2) is 0 Å². The van der Waals surface area contributed by atoms with Gasteiger partial charge in [-0.3, -0.25) is 9.78 Å². The van der Waals surface area contributed by atoms with E-state index in [0.717, 1.165) is 48.9 Å². The molecule has 152 valence electrons. The van der Waals surface area contributed by atoms with E-state index in [1.807, 2.05) is 12.1 Å². The average Bonchev–Trinajstić information content (AvgIpc) is 3.16. The number of nitrogens with one attached hydrogen (secondary N) is 2. The average molecular weight is 383 g/mol. The molecule has 4 heteroatoms. The summed E-state index contributed by atoms with van der Waals surface area (Å²) in [5, 5.41) is 4.38. The van der Waals surface area contributed by atoms with Crippen molar-refractivity contribution in [2.75, 3.05) is 25.0 Å². The van der Waals surface area contributed by atoms with E-state index in [4.69, 9.17) is 4.98 Å². The second-order valence-corrected chi connectivity index (χ2v) is 8.17. The number of hydrogen-bond donors (Lipinski definition) is 2. The number of benzene rings is 1. The van der Waals surface area contributed by atoms with Crippen LogP contribution in [-0.4, -0.2) is 30.5 Å². The lowest BCUT2D eigenvalue weighted by atomic mass is 10.1. The van der Waals surface area contributed by atoms with Gasteiger partial charge >= 0.3 is 0 Å². The Morgan fingerprint density at radius 2 is 1.75 bits per heavy atom. The van der Waals surface area contributed by atoms with Crippen LogP contribution >= 0.6 is 0 Å². The first-order valence-electron chi connectivity index (χ1n) is 11.3. The van der Waals surface area contributed by atoms with E-state index >= 15 is 0 Å². The van der Waals surface area contributed by atoms with E-state index in [2.05, 4.69) is 31.3 Å². The molecule has 1 aromatic heterocycles. The van der Waals surface area contributed by atoms with Crippen LogP contribution in [0.4, 0.5) is 5.69 Å². The van der Waals surface area contributed by atoms with Crippen molar-refractivity contribution >= 4 is 22.5 Å². The predicted octanol–water partition coefficient (Wildman–Crippen LogP) is 3.93. The monoisotopic (exact) mass is 382 g/mol. The van der Waals surface area contributed by atoms with Crippen LogP contribution < -0.4 is 10.2 Å². The lowest BCUT2D eigenvalue weighted by Crippen LogP contribution is -3.13. The maximum absolute atomic E-state index is 13.0. The molecule has 4 nitrogen and oxygen atoms in total. The second kappa shape index (κ2) is 10.6. The van der Waals surface area contributed by atoms with Crippen molar-refractivity contribution in [3.63, 3.8) is 0 Å². The molecule has 0 fully saturated rings. The Bertz CT molecular complexity index is 777. The van der Waals surface area contributed by atoms with E-state index in [0.29, 0.717) is 6.54 Å². The first kappa shape index (κ1) is 20.8. The Hall–Kier alpha value is -1.94. The molecule has 0 saturated heterocycles. The summed E-state index contributed by atoms with van der Waals surface area (Å²) in [6.07, 6.45) is 10.5. The highest BCUT2D eigenvalue weighted by molar-refractivity contribution is 6.03. The van der Waals surface area contributed by atoms with Crippen LogP contribution in [0.25, 0.3) is 10.9 Å². The standard InChI is InChI=1S/C24H35N3O/c1-3-5-9-16-27(17-10-6-4-2)18-23(28)26-24-19-12-7-8-14-21(19)25-22-15-11-13-20(22)24/h7-8,12,14H,3-6,9-11,13,15-18H2,1-2H3,(H,25,26,28)/p+1. The van der Waals surface area contributed by atoms with Crippen LogP contribution in [0.15, 0.2) is 24.3 Å². The number of nitrogens with zero attached hydrogens (tertiary/aromatic N) is 1. The third kappa shape index (κ3) is 5.32. The minimum Gasteiger partial charge on any atom is -0.327 e. The molecule has 1 aromatic carbocycles. The van der Waals surface area contributed by atoms with Crippen LogP contribution in [0.5, 0.6) is 0 Å². The van der Waals surface area contributed by atoms with Gasteiger partial charge in [-0.05, 0) is 56.6 Å². The first-order valence-corrected chi connectivity index (χ1v) is 11.3. The number of unbranched alkanes of at least 4 members (excludes halogenated alkanes) is 4. The highest BCUT2D eigenvalue weighted by Gasteiger charge is 2.22. The lowest BCUT2D eigenvalue weighted by Gasteiger charge is -2.20. The molecule has 3 rings (SSSR count). The summed E-state index contributed by atoms with van der Waals surface area (Å²) in [6, 6.07) is 8.20. The molecule has 0 radical (unpaired) electrons. The zero-order chi connectivity index (χ0) is 19.8. The molecule has 0 spiro atoms. The minimum absolute atomic E-state index is 0.147. The van der Waals surface area contributed by atoms with E-state index in [-0.39, 0.29) is 5.91 Å². The van der Waals surface area contributed by atoms with E-state index in [1.54, 1.807) is 0 Å². The van der Waals surface area contributed by atoms with Crippen LogP contribution in [-0.2, 0) is 17.6 Å². The number of para-hydroxylation sites is 1. The molecule has 0 aliphatic heterocycles. The summed E-state index contributed by atoms with van der Waals surface area (Å²) in [5.74, 6) is 0.147. The molecule has 2 aromatic rings. The molecule has 1 amide bonds. The van der Waals surface area contributed by atoms with Crippen molar-refractivity contribution in [1.82, 2.24) is 4.98 Å². The SMILES string of the molecule is CCCCC[NH+](CCCCC)CC(=O)Nc1c2c(nc3ccccc13)CCC2. The first-order chi connectivity index (χ1) is 13.7. The zero-order valence-corrected chi connectivity index (χ0v) is 17.7. The van der Waals surface area contributed by atoms with E-state index in [1.165, 1.54) is 54.7 Å². The van der Waals surface area contributed by atoms with Crippen molar-refractivity contribution < 1.29 is 9.69 Å². The van der Waals surface area contributed by atoms with Gasteiger partial charge in [-0.15, -0.1) is 0 Å². The quantitative estimate of drug-likeness (QED) is 0.579. The molecule has 0 saturated carbocycles. The third-order valence-corrected chi connectivity index (χ3v) is 5.86. The zero-order valence-electron chi connectivity index (χ0n) is 17.7. The van der Waals surface area contributed by atoms with Gasteiger partial charge in [0.1, 0.15) is 0 Å². The Balaban J connectivity index is 1.72. The largest absolute Gasteiger partial charge is 0.327 e. The number of aromatic nitrogens is 1. The number of carbonyl (C=O) groups excluding carboxylic acids is 1. The number of quaternary nitrogens is 1. The highest BCUT2D eigenvalue weighted by atomic mass is 16.2. The van der Waals surface area contributed by atoms with E-state index < -0.39 is 0 Å². The number of hydrogen-bond acceptors (Lipinski definition) is 2. The number of carbonyl (C=O) groups is 1. The number of amides is 1. The minimum atomic E-state index is 0.147. The predicted molar refractivity (Wildman–Crippen MR) is 117 cm³/mol. The molecule has 1 aliphatic carbocycles. The van der Waals surface area contributed by atoms with Crippen molar-refractivity contribution in [3.05, 3.63) is 35.5 Å². The lowest BCUT2D eigenvalue weighted by molar-refractivity contribution is -0.892. The van der Waals surface area contributed by atoms with Gasteiger partial charge in [0, 0.05) is 11.1 Å². The molecule has 2 N–H and O–H groups in total. The van der Waals surface area contributed by atoms with Gasteiger partial charge in [0.05, 0.1) is 24.3 Å². The number of rotatable bonds is 11. The van der Waals surface area contributed by atoms with Gasteiger partial charge in [-0.1, -0.05) is 44.9 Å². The third-order valence-electron chi connectivity index (χ3n) is 5.86. The Kier molecular flexibility index (Phi) is 7.84. The summed E-state index contributed by atoms with van der Waals surface area (Å²) in [7, 11) is 0. The number of fused-ring (bicyclic) bond motifs is 2. The van der Waals surface area contributed by atoms with Crippen molar-refractivity contribution in [2.24, 2.45) is 0 Å². The van der Waals surface area contributed by atoms with Crippen molar-refractivity contribution in [2.45, 2.75) is 71.6 Å². The van der Waals surface area contributed by atoms with Gasteiger partial charge in [0.2, 0.25) is 0 Å². The van der Waals surface area contributed by atoms with Gasteiger partial charge in [-0.2, -0.15) is 0 Å².